The standard InChI is InChI=1S/C36H60NO10P/c1-3-5-7-9-11-12-13-14-15-16-17-18-19-20-22-23-25-27-34(39)37-33(36(41)42)31-47-48(43,44)46-30-32(38)29-45-35(40)28-26-24-21-10-8-6-4-2/h5,7,11-12,14-15,17-18,20,22,32-33,38H,3-4,6,8-10,13,16,19,21,23-31H2,1-2H3,(H,37,39)(H,41,42)(H,43,44)/b7-5-,12-11-,15-14-,18-17-,22-20-. The third-order valence-electron chi connectivity index (χ3n) is 6.82. The number of aliphatic carboxylic acids is 1. The number of carboxylic acids is 1. The highest BCUT2D eigenvalue weighted by Gasteiger charge is 2.28. The second kappa shape index (κ2) is 31.4. The molecular weight excluding hydrogens is 637 g/mol. The van der Waals surface area contributed by atoms with Crippen LogP contribution in [0, 0.1) is 0 Å². The molecule has 0 aliphatic carbocycles. The van der Waals surface area contributed by atoms with E-state index >= 15 is 0 Å². The van der Waals surface area contributed by atoms with Crippen molar-refractivity contribution in [2.75, 3.05) is 19.8 Å². The topological polar surface area (TPSA) is 169 Å². The summed E-state index contributed by atoms with van der Waals surface area (Å²) in [5.74, 6) is -2.47. The molecule has 0 radical (unpaired) electrons. The molecule has 0 aromatic rings. The number of aliphatic hydroxyl groups excluding tert-OH is 1. The van der Waals surface area contributed by atoms with E-state index in [-0.39, 0.29) is 12.8 Å². The lowest BCUT2D eigenvalue weighted by molar-refractivity contribution is -0.147. The number of phosphoric acid groups is 1. The van der Waals surface area contributed by atoms with Gasteiger partial charge in [-0.1, -0.05) is 113 Å². The number of aliphatic hydroxyl groups is 1. The molecule has 0 saturated heterocycles. The van der Waals surface area contributed by atoms with Crippen molar-refractivity contribution in [3.63, 3.8) is 0 Å². The maximum Gasteiger partial charge on any atom is 0.472 e. The third kappa shape index (κ3) is 30.5. The van der Waals surface area contributed by atoms with Crippen LogP contribution in [-0.4, -0.2) is 64.9 Å². The van der Waals surface area contributed by atoms with Crippen molar-refractivity contribution in [2.24, 2.45) is 0 Å². The summed E-state index contributed by atoms with van der Waals surface area (Å²) in [6.07, 6.45) is 32.9. The zero-order valence-electron chi connectivity index (χ0n) is 29.0. The molecule has 48 heavy (non-hydrogen) atoms. The van der Waals surface area contributed by atoms with Crippen molar-refractivity contribution in [1.29, 1.82) is 0 Å². The fourth-order valence-corrected chi connectivity index (χ4v) is 4.88. The van der Waals surface area contributed by atoms with Crippen LogP contribution in [0.2, 0.25) is 0 Å². The first kappa shape index (κ1) is 45.2. The van der Waals surface area contributed by atoms with Gasteiger partial charge < -0.3 is 25.2 Å². The average Bonchev–Trinajstić information content (AvgIpc) is 3.05. The number of phosphoric ester groups is 1. The SMILES string of the molecule is CC/C=C\C/C=C\C/C=C\C/C=C\C/C=C\CCCC(=O)NC(COP(=O)(O)OCC(O)COC(=O)CCCCCCCCC)C(=O)O. The predicted molar refractivity (Wildman–Crippen MR) is 189 cm³/mol. The van der Waals surface area contributed by atoms with Crippen molar-refractivity contribution in [3.05, 3.63) is 60.8 Å². The number of unbranched alkanes of at least 4 members (excludes halogenated alkanes) is 7. The molecule has 0 rings (SSSR count). The van der Waals surface area contributed by atoms with Crippen LogP contribution in [0.3, 0.4) is 0 Å². The molecule has 0 saturated carbocycles. The maximum atomic E-state index is 12.2. The molecule has 0 bridgehead atoms. The van der Waals surface area contributed by atoms with Gasteiger partial charge >= 0.3 is 19.8 Å². The van der Waals surface area contributed by atoms with Gasteiger partial charge in [0.05, 0.1) is 13.2 Å². The van der Waals surface area contributed by atoms with E-state index in [1.54, 1.807) is 0 Å². The van der Waals surface area contributed by atoms with Gasteiger partial charge in [-0.2, -0.15) is 0 Å². The zero-order chi connectivity index (χ0) is 35.7. The van der Waals surface area contributed by atoms with Crippen LogP contribution < -0.4 is 5.32 Å². The molecule has 0 aliphatic rings. The minimum atomic E-state index is -4.76. The Morgan fingerprint density at radius 2 is 1.21 bits per heavy atom. The highest BCUT2D eigenvalue weighted by molar-refractivity contribution is 7.47. The molecule has 0 heterocycles. The van der Waals surface area contributed by atoms with E-state index in [1.807, 2.05) is 12.2 Å². The third-order valence-corrected chi connectivity index (χ3v) is 7.77. The Morgan fingerprint density at radius 1 is 0.688 bits per heavy atom. The van der Waals surface area contributed by atoms with Gasteiger partial charge in [0.2, 0.25) is 5.91 Å². The Labute approximate surface area is 287 Å². The Morgan fingerprint density at radius 3 is 1.77 bits per heavy atom. The Bertz CT molecular complexity index is 1050. The fourth-order valence-electron chi connectivity index (χ4n) is 4.11. The van der Waals surface area contributed by atoms with Gasteiger partial charge in [0, 0.05) is 12.8 Å². The van der Waals surface area contributed by atoms with E-state index in [0.717, 1.165) is 51.4 Å². The smallest absolute Gasteiger partial charge is 0.472 e. The Kier molecular flexibility index (Phi) is 29.6. The van der Waals surface area contributed by atoms with Crippen molar-refractivity contribution in [1.82, 2.24) is 5.32 Å². The number of nitrogens with one attached hydrogen (secondary N) is 1. The van der Waals surface area contributed by atoms with Crippen molar-refractivity contribution in [2.45, 2.75) is 129 Å². The quantitative estimate of drug-likeness (QED) is 0.0244. The number of esters is 1. The van der Waals surface area contributed by atoms with E-state index in [0.29, 0.717) is 19.3 Å². The number of amides is 1. The predicted octanol–water partition coefficient (Wildman–Crippen LogP) is 7.66. The van der Waals surface area contributed by atoms with Crippen LogP contribution in [0.1, 0.15) is 117 Å². The Hall–Kier alpha value is -2.82. The summed E-state index contributed by atoms with van der Waals surface area (Å²) >= 11 is 0. The molecule has 3 unspecified atom stereocenters. The molecule has 274 valence electrons. The first-order valence-corrected chi connectivity index (χ1v) is 18.8. The maximum absolute atomic E-state index is 12.2. The monoisotopic (exact) mass is 697 g/mol. The van der Waals surface area contributed by atoms with Crippen LogP contribution in [0.4, 0.5) is 0 Å². The van der Waals surface area contributed by atoms with Crippen LogP contribution in [0.5, 0.6) is 0 Å². The second-order valence-electron chi connectivity index (χ2n) is 11.3. The van der Waals surface area contributed by atoms with Crippen molar-refractivity contribution < 1.29 is 47.8 Å². The number of carbonyl (C=O) groups excluding carboxylic acids is 2. The number of hydrogen-bond acceptors (Lipinski definition) is 8. The molecule has 12 heteroatoms. The summed E-state index contributed by atoms with van der Waals surface area (Å²) in [4.78, 5) is 45.4. The summed E-state index contributed by atoms with van der Waals surface area (Å²) in [7, 11) is -4.76. The first-order chi connectivity index (χ1) is 23.1. The molecule has 4 N–H and O–H groups in total. The lowest BCUT2D eigenvalue weighted by atomic mass is 10.1. The summed E-state index contributed by atoms with van der Waals surface area (Å²) < 4.78 is 26.5. The molecule has 0 aliphatic heterocycles. The molecular formula is C36H60NO10P. The number of rotatable bonds is 31. The fraction of sp³-hybridized carbons (Fsp3) is 0.639. The van der Waals surface area contributed by atoms with E-state index in [4.69, 9.17) is 13.8 Å². The van der Waals surface area contributed by atoms with Gasteiger partial charge in [0.25, 0.3) is 0 Å². The van der Waals surface area contributed by atoms with Crippen LogP contribution in [0.15, 0.2) is 60.8 Å². The number of allylic oxidation sites excluding steroid dienone is 10. The van der Waals surface area contributed by atoms with Gasteiger partial charge in [-0.15, -0.1) is 0 Å². The highest BCUT2D eigenvalue weighted by Crippen LogP contribution is 2.43. The highest BCUT2D eigenvalue weighted by atomic mass is 31.2. The summed E-state index contributed by atoms with van der Waals surface area (Å²) in [6, 6.07) is -1.58. The van der Waals surface area contributed by atoms with Crippen LogP contribution in [0.25, 0.3) is 0 Å². The van der Waals surface area contributed by atoms with Gasteiger partial charge in [-0.3, -0.25) is 18.6 Å². The van der Waals surface area contributed by atoms with Crippen molar-refractivity contribution in [3.8, 4) is 0 Å². The molecule has 0 aromatic carbocycles. The van der Waals surface area contributed by atoms with Crippen LogP contribution in [-0.2, 0) is 32.7 Å². The molecule has 0 aromatic heterocycles. The lowest BCUT2D eigenvalue weighted by Gasteiger charge is -2.18. The van der Waals surface area contributed by atoms with Gasteiger partial charge in [0.1, 0.15) is 12.7 Å². The minimum Gasteiger partial charge on any atom is -0.480 e. The van der Waals surface area contributed by atoms with E-state index < -0.39 is 57.6 Å². The largest absolute Gasteiger partial charge is 0.480 e. The van der Waals surface area contributed by atoms with Gasteiger partial charge in [-0.25, -0.2) is 9.36 Å². The number of carboxylic acid groups (broad SMARTS) is 1. The van der Waals surface area contributed by atoms with E-state index in [9.17, 15) is 34.1 Å². The molecule has 11 nitrogen and oxygen atoms in total. The lowest BCUT2D eigenvalue weighted by Crippen LogP contribution is -2.43. The number of hydrogen-bond donors (Lipinski definition) is 4. The summed E-state index contributed by atoms with van der Waals surface area (Å²) in [5, 5.41) is 21.6. The first-order valence-electron chi connectivity index (χ1n) is 17.3. The normalized spacial score (nSPS) is 14.8. The second-order valence-corrected chi connectivity index (χ2v) is 12.8. The summed E-state index contributed by atoms with van der Waals surface area (Å²) in [6.45, 7) is 2.33. The molecule has 1 amide bonds. The molecule has 0 fully saturated rings. The van der Waals surface area contributed by atoms with Gasteiger partial charge in [-0.05, 0) is 51.4 Å². The molecule has 0 spiro atoms. The Balaban J connectivity index is 4.14. The summed E-state index contributed by atoms with van der Waals surface area (Å²) in [5.41, 5.74) is 0. The van der Waals surface area contributed by atoms with Crippen molar-refractivity contribution >= 4 is 25.7 Å². The molecule has 3 atom stereocenters. The van der Waals surface area contributed by atoms with E-state index in [1.165, 1.54) is 19.3 Å². The van der Waals surface area contributed by atoms with Gasteiger partial charge in [0.15, 0.2) is 6.04 Å². The average molecular weight is 698 g/mol. The van der Waals surface area contributed by atoms with E-state index in [2.05, 4.69) is 67.8 Å². The number of carbonyl (C=O) groups is 3. The van der Waals surface area contributed by atoms with Crippen LogP contribution >= 0.6 is 7.82 Å². The number of ether oxygens (including phenoxy) is 1. The zero-order valence-corrected chi connectivity index (χ0v) is 29.9. The minimum absolute atomic E-state index is 0.0647.